The number of ether oxygens (including phenoxy) is 1. The van der Waals surface area contributed by atoms with Crippen LogP contribution in [0.5, 0.6) is 0 Å². The molecule has 0 aliphatic carbocycles. The number of hydrogen-bond donors (Lipinski definition) is 5. The van der Waals surface area contributed by atoms with Crippen LogP contribution in [0.15, 0.2) is 24.3 Å². The van der Waals surface area contributed by atoms with E-state index in [-0.39, 0.29) is 6.61 Å². The van der Waals surface area contributed by atoms with Gasteiger partial charge in [0, 0.05) is 6.54 Å². The van der Waals surface area contributed by atoms with Crippen molar-refractivity contribution in [1.82, 2.24) is 19.5 Å². The van der Waals surface area contributed by atoms with Crippen LogP contribution >= 0.6 is 0 Å². The normalized spacial score (nSPS) is 27.2. The molecule has 10 heteroatoms. The van der Waals surface area contributed by atoms with Crippen LogP contribution in [-0.2, 0) is 4.74 Å². The second kappa shape index (κ2) is 7.42. The first-order valence-corrected chi connectivity index (χ1v) is 7.87. The lowest BCUT2D eigenvalue weighted by Crippen LogP contribution is -2.33. The lowest BCUT2D eigenvalue weighted by atomic mass is 10.1. The van der Waals surface area contributed by atoms with Gasteiger partial charge in [-0.2, -0.15) is 0 Å². The number of fused-ring (bicyclic) bond motifs is 1. The van der Waals surface area contributed by atoms with E-state index in [1.807, 2.05) is 6.92 Å². The molecular weight excluding hydrogens is 330 g/mol. The third-order valence-electron chi connectivity index (χ3n) is 4.12. The number of aliphatic hydroxyl groups excluding tert-OH is 4. The Morgan fingerprint density at radius 1 is 1.28 bits per heavy atom. The van der Waals surface area contributed by atoms with E-state index < -0.39 is 31.1 Å². The van der Waals surface area contributed by atoms with Crippen LogP contribution in [0.1, 0.15) is 13.2 Å². The quantitative estimate of drug-likeness (QED) is 0.404. The maximum Gasteiger partial charge on any atom is 0.167 e. The third kappa shape index (κ3) is 3.34. The lowest BCUT2D eigenvalue weighted by molar-refractivity contribution is -0.0511. The summed E-state index contributed by atoms with van der Waals surface area (Å²) in [6.45, 7) is 1.92. The second-order valence-corrected chi connectivity index (χ2v) is 5.86. The Kier molecular flexibility index (Phi) is 5.25. The molecule has 2 aromatic rings. The van der Waals surface area contributed by atoms with E-state index in [2.05, 4.69) is 20.3 Å². The highest BCUT2D eigenvalue weighted by molar-refractivity contribution is 5.82. The van der Waals surface area contributed by atoms with Crippen molar-refractivity contribution in [3.63, 3.8) is 0 Å². The predicted molar refractivity (Wildman–Crippen MR) is 87.7 cm³/mol. The van der Waals surface area contributed by atoms with Gasteiger partial charge in [-0.1, -0.05) is 11.6 Å². The minimum Gasteiger partial charge on any atom is -0.394 e. The SMILES string of the molecule is C/C(=C/CO)CNc1ncnc2c1ncn2[C@@H]1O[C@H](CO)[C@@H](O)[C@H]1O. The topological polar surface area (TPSA) is 146 Å². The highest BCUT2D eigenvalue weighted by atomic mass is 16.6. The van der Waals surface area contributed by atoms with E-state index >= 15 is 0 Å². The predicted octanol–water partition coefficient (Wildman–Crippen LogP) is -1.21. The second-order valence-electron chi connectivity index (χ2n) is 5.86. The Morgan fingerprint density at radius 3 is 2.76 bits per heavy atom. The molecule has 136 valence electrons. The highest BCUT2D eigenvalue weighted by Crippen LogP contribution is 2.32. The Hall–Kier alpha value is -2.11. The Labute approximate surface area is 143 Å². The molecule has 1 saturated heterocycles. The average Bonchev–Trinajstić information content (AvgIpc) is 3.15. The minimum absolute atomic E-state index is 0.0351. The van der Waals surface area contributed by atoms with Crippen molar-refractivity contribution in [3.8, 4) is 0 Å². The van der Waals surface area contributed by atoms with Crippen LogP contribution in [0.25, 0.3) is 11.2 Å². The summed E-state index contributed by atoms with van der Waals surface area (Å²) in [4.78, 5) is 12.6. The fraction of sp³-hybridized carbons (Fsp3) is 0.533. The smallest absolute Gasteiger partial charge is 0.167 e. The molecule has 0 saturated carbocycles. The number of rotatable bonds is 6. The zero-order valence-corrected chi connectivity index (χ0v) is 13.6. The molecule has 0 bridgehead atoms. The molecule has 25 heavy (non-hydrogen) atoms. The molecule has 3 heterocycles. The van der Waals surface area contributed by atoms with Gasteiger partial charge in [0.2, 0.25) is 0 Å². The van der Waals surface area contributed by atoms with Gasteiger partial charge in [0.15, 0.2) is 23.2 Å². The van der Waals surface area contributed by atoms with Crippen molar-refractivity contribution in [1.29, 1.82) is 0 Å². The van der Waals surface area contributed by atoms with Crippen molar-refractivity contribution in [2.45, 2.75) is 31.5 Å². The van der Waals surface area contributed by atoms with Gasteiger partial charge >= 0.3 is 0 Å². The number of hydrogen-bond acceptors (Lipinski definition) is 9. The molecule has 5 N–H and O–H groups in total. The molecule has 3 rings (SSSR count). The van der Waals surface area contributed by atoms with Crippen LogP contribution in [0.2, 0.25) is 0 Å². The van der Waals surface area contributed by atoms with E-state index in [9.17, 15) is 15.3 Å². The van der Waals surface area contributed by atoms with Gasteiger partial charge in [0.05, 0.1) is 19.5 Å². The van der Waals surface area contributed by atoms with Crippen LogP contribution in [0.4, 0.5) is 5.82 Å². The molecule has 0 amide bonds. The Balaban J connectivity index is 1.87. The summed E-state index contributed by atoms with van der Waals surface area (Å²) in [6.07, 6.45) is 0.299. The summed E-state index contributed by atoms with van der Waals surface area (Å²) < 4.78 is 7.02. The molecule has 1 aliphatic heterocycles. The average molecular weight is 351 g/mol. The molecule has 1 aliphatic rings. The molecule has 10 nitrogen and oxygen atoms in total. The van der Waals surface area contributed by atoms with Crippen LogP contribution in [0.3, 0.4) is 0 Å². The van der Waals surface area contributed by atoms with Gasteiger partial charge in [-0.05, 0) is 6.92 Å². The number of anilines is 1. The fourth-order valence-electron chi connectivity index (χ4n) is 2.73. The van der Waals surface area contributed by atoms with Crippen molar-refractivity contribution >= 4 is 17.0 Å². The summed E-state index contributed by atoms with van der Waals surface area (Å²) in [5.74, 6) is 0.501. The Bertz CT molecular complexity index is 764. The van der Waals surface area contributed by atoms with E-state index in [0.717, 1.165) is 5.57 Å². The third-order valence-corrected chi connectivity index (χ3v) is 4.12. The molecule has 4 atom stereocenters. The van der Waals surface area contributed by atoms with Crippen molar-refractivity contribution in [2.75, 3.05) is 25.1 Å². The van der Waals surface area contributed by atoms with Crippen LogP contribution in [0, 0.1) is 0 Å². The molecule has 0 aromatic carbocycles. The summed E-state index contributed by atoms with van der Waals surface area (Å²) in [5.41, 5.74) is 1.85. The molecular formula is C15H21N5O5. The fourth-order valence-corrected chi connectivity index (χ4v) is 2.73. The van der Waals surface area contributed by atoms with Crippen molar-refractivity contribution < 1.29 is 25.2 Å². The minimum atomic E-state index is -1.21. The van der Waals surface area contributed by atoms with Gasteiger partial charge in [0.1, 0.15) is 24.6 Å². The molecule has 1 fully saturated rings. The first kappa shape index (κ1) is 17.7. The van der Waals surface area contributed by atoms with E-state index in [1.54, 1.807) is 6.08 Å². The van der Waals surface area contributed by atoms with Crippen LogP contribution < -0.4 is 5.32 Å². The van der Waals surface area contributed by atoms with Crippen molar-refractivity contribution in [2.24, 2.45) is 0 Å². The van der Waals surface area contributed by atoms with Gasteiger partial charge < -0.3 is 30.5 Å². The van der Waals surface area contributed by atoms with Gasteiger partial charge in [0.25, 0.3) is 0 Å². The molecule has 2 aromatic heterocycles. The number of nitrogens with zero attached hydrogens (tertiary/aromatic N) is 4. The summed E-state index contributed by atoms with van der Waals surface area (Å²) in [6, 6.07) is 0. The number of imidazole rings is 1. The van der Waals surface area contributed by atoms with Gasteiger partial charge in [-0.25, -0.2) is 15.0 Å². The van der Waals surface area contributed by atoms with E-state index in [1.165, 1.54) is 17.2 Å². The first-order valence-electron chi connectivity index (χ1n) is 7.87. The maximum atomic E-state index is 10.2. The van der Waals surface area contributed by atoms with Crippen LogP contribution in [-0.4, -0.2) is 78.0 Å². The largest absolute Gasteiger partial charge is 0.394 e. The summed E-state index contributed by atoms with van der Waals surface area (Å²) in [7, 11) is 0. The van der Waals surface area contributed by atoms with E-state index in [4.69, 9.17) is 9.84 Å². The zero-order chi connectivity index (χ0) is 18.0. The first-order chi connectivity index (χ1) is 12.1. The Morgan fingerprint density at radius 2 is 2.08 bits per heavy atom. The molecule has 0 radical (unpaired) electrons. The van der Waals surface area contributed by atoms with E-state index in [0.29, 0.717) is 23.5 Å². The highest BCUT2D eigenvalue weighted by Gasteiger charge is 2.44. The number of nitrogens with one attached hydrogen (secondary N) is 1. The number of aliphatic hydroxyl groups is 4. The molecule has 0 unspecified atom stereocenters. The zero-order valence-electron chi connectivity index (χ0n) is 13.6. The standard InChI is InChI=1S/C15H21N5O5/c1-8(2-3-21)4-16-13-10-14(18-6-17-13)20(7-19-10)15-12(24)11(23)9(5-22)25-15/h2,6-7,9,11-12,15,21-24H,3-5H2,1H3,(H,16,17,18)/b8-2-/t9-,11-,12-,15-/m1/s1. The summed E-state index contributed by atoms with van der Waals surface area (Å²) >= 11 is 0. The molecule has 0 spiro atoms. The maximum absolute atomic E-state index is 10.2. The van der Waals surface area contributed by atoms with Crippen molar-refractivity contribution in [3.05, 3.63) is 24.3 Å². The van der Waals surface area contributed by atoms with Gasteiger partial charge in [-0.3, -0.25) is 4.57 Å². The number of aromatic nitrogens is 4. The summed E-state index contributed by atoms with van der Waals surface area (Å²) in [5, 5.41) is 41.3. The monoisotopic (exact) mass is 351 g/mol. The van der Waals surface area contributed by atoms with Gasteiger partial charge in [-0.15, -0.1) is 0 Å². The lowest BCUT2D eigenvalue weighted by Gasteiger charge is -2.16.